The first-order valence-corrected chi connectivity index (χ1v) is 6.67. The summed E-state index contributed by atoms with van der Waals surface area (Å²) in [6, 6.07) is 10.8. The highest BCUT2D eigenvalue weighted by molar-refractivity contribution is 5.95. The summed E-state index contributed by atoms with van der Waals surface area (Å²) in [5.74, 6) is 0.0201. The molecular formula is C15H18N4. The van der Waals surface area contributed by atoms with Crippen molar-refractivity contribution in [3.8, 4) is 6.07 Å². The standard InChI is InChI=1S/C15H18N4/c1-11-4-6-14(7-5-11)19-17-12(2)15(3)13(10-16)8-9-18(15)19/h4-7,13H,8-9H2,1-3H3/t13-,15-/m0/s1. The number of hydrazine groups is 1. The number of nitrogens with zero attached hydrogens (tertiary/aromatic N) is 4. The fourth-order valence-electron chi connectivity index (χ4n) is 3.04. The van der Waals surface area contributed by atoms with Gasteiger partial charge < -0.3 is 0 Å². The summed E-state index contributed by atoms with van der Waals surface area (Å²) >= 11 is 0. The molecule has 1 saturated heterocycles. The minimum absolute atomic E-state index is 0.0201. The van der Waals surface area contributed by atoms with Gasteiger partial charge >= 0.3 is 0 Å². The number of rotatable bonds is 1. The fourth-order valence-corrected chi connectivity index (χ4v) is 3.04. The zero-order valence-electron chi connectivity index (χ0n) is 11.6. The third kappa shape index (κ3) is 1.58. The Morgan fingerprint density at radius 3 is 2.63 bits per heavy atom. The Morgan fingerprint density at radius 1 is 1.32 bits per heavy atom. The van der Waals surface area contributed by atoms with Gasteiger partial charge in [0.25, 0.3) is 0 Å². The zero-order valence-corrected chi connectivity index (χ0v) is 11.6. The van der Waals surface area contributed by atoms with Crippen LogP contribution in [0, 0.1) is 24.2 Å². The summed E-state index contributed by atoms with van der Waals surface area (Å²) in [5.41, 5.74) is 3.08. The Kier molecular flexibility index (Phi) is 2.61. The molecule has 0 aliphatic carbocycles. The molecule has 19 heavy (non-hydrogen) atoms. The number of hydrazone groups is 1. The molecule has 2 heterocycles. The largest absolute Gasteiger partial charge is 0.198 e. The molecule has 1 aromatic rings. The van der Waals surface area contributed by atoms with E-state index in [1.807, 2.05) is 12.0 Å². The Hall–Kier alpha value is -1.86. The van der Waals surface area contributed by atoms with Crippen LogP contribution >= 0.6 is 0 Å². The molecule has 3 rings (SSSR count). The number of nitriles is 1. The van der Waals surface area contributed by atoms with E-state index < -0.39 is 0 Å². The molecule has 0 aromatic heterocycles. The van der Waals surface area contributed by atoms with Gasteiger partial charge in [-0.05, 0) is 39.3 Å². The van der Waals surface area contributed by atoms with Gasteiger partial charge in [0.05, 0.1) is 28.9 Å². The maximum atomic E-state index is 9.34. The van der Waals surface area contributed by atoms with E-state index in [0.29, 0.717) is 0 Å². The molecule has 4 heteroatoms. The molecule has 0 bridgehead atoms. The van der Waals surface area contributed by atoms with Crippen molar-refractivity contribution in [3.63, 3.8) is 0 Å². The lowest BCUT2D eigenvalue weighted by molar-refractivity contribution is 0.210. The van der Waals surface area contributed by atoms with Crippen molar-refractivity contribution in [1.29, 1.82) is 5.26 Å². The van der Waals surface area contributed by atoms with Gasteiger partial charge in [-0.1, -0.05) is 17.7 Å². The normalized spacial score (nSPS) is 30.1. The van der Waals surface area contributed by atoms with Crippen molar-refractivity contribution >= 4 is 11.4 Å². The lowest BCUT2D eigenvalue weighted by atomic mass is 9.85. The van der Waals surface area contributed by atoms with Crippen molar-refractivity contribution in [1.82, 2.24) is 5.01 Å². The average Bonchev–Trinajstić information content (AvgIpc) is 2.86. The number of benzene rings is 1. The summed E-state index contributed by atoms with van der Waals surface area (Å²) in [4.78, 5) is 0. The van der Waals surface area contributed by atoms with E-state index >= 15 is 0 Å². The van der Waals surface area contributed by atoms with Crippen LogP contribution in [0.15, 0.2) is 29.4 Å². The van der Waals surface area contributed by atoms with Crippen molar-refractivity contribution in [2.45, 2.75) is 32.7 Å². The molecule has 0 amide bonds. The maximum absolute atomic E-state index is 9.34. The predicted octanol–water partition coefficient (Wildman–Crippen LogP) is 2.71. The van der Waals surface area contributed by atoms with Gasteiger partial charge in [-0.3, -0.25) is 0 Å². The van der Waals surface area contributed by atoms with Crippen molar-refractivity contribution in [2.24, 2.45) is 11.0 Å². The summed E-state index contributed by atoms with van der Waals surface area (Å²) < 4.78 is 0. The molecule has 98 valence electrons. The highest BCUT2D eigenvalue weighted by atomic mass is 15.8. The van der Waals surface area contributed by atoms with E-state index in [9.17, 15) is 5.26 Å². The smallest absolute Gasteiger partial charge is 0.0948 e. The van der Waals surface area contributed by atoms with Crippen molar-refractivity contribution < 1.29 is 0 Å². The van der Waals surface area contributed by atoms with E-state index in [0.717, 1.165) is 24.4 Å². The number of fused-ring (bicyclic) bond motifs is 1. The van der Waals surface area contributed by atoms with Gasteiger partial charge in [-0.15, -0.1) is 0 Å². The van der Waals surface area contributed by atoms with Crippen molar-refractivity contribution in [2.75, 3.05) is 11.7 Å². The summed E-state index contributed by atoms with van der Waals surface area (Å²) in [6.45, 7) is 7.11. The van der Waals surface area contributed by atoms with Crippen LogP contribution in [0.3, 0.4) is 0 Å². The van der Waals surface area contributed by atoms with Gasteiger partial charge in [-0.2, -0.15) is 20.5 Å². The zero-order chi connectivity index (χ0) is 13.6. The molecule has 1 aromatic carbocycles. The minimum Gasteiger partial charge on any atom is -0.198 e. The minimum atomic E-state index is -0.250. The molecule has 1 fully saturated rings. The fraction of sp³-hybridized carbons (Fsp3) is 0.467. The lowest BCUT2D eigenvalue weighted by Crippen LogP contribution is -2.50. The van der Waals surface area contributed by atoms with Crippen LogP contribution in [-0.4, -0.2) is 22.8 Å². The van der Waals surface area contributed by atoms with Gasteiger partial charge in [0.15, 0.2) is 0 Å². The van der Waals surface area contributed by atoms with E-state index in [1.54, 1.807) is 0 Å². The van der Waals surface area contributed by atoms with Gasteiger partial charge in [0.1, 0.15) is 0 Å². The van der Waals surface area contributed by atoms with Crippen LogP contribution in [0.1, 0.15) is 25.8 Å². The average molecular weight is 254 g/mol. The summed E-state index contributed by atoms with van der Waals surface area (Å²) in [7, 11) is 0. The Morgan fingerprint density at radius 2 is 2.00 bits per heavy atom. The van der Waals surface area contributed by atoms with Crippen LogP contribution in [0.5, 0.6) is 0 Å². The van der Waals surface area contributed by atoms with Gasteiger partial charge in [0, 0.05) is 6.54 Å². The molecule has 2 aliphatic rings. The molecule has 0 N–H and O–H groups in total. The number of hydrogen-bond acceptors (Lipinski definition) is 4. The Balaban J connectivity index is 1.99. The molecule has 0 radical (unpaired) electrons. The summed E-state index contributed by atoms with van der Waals surface area (Å²) in [5, 5.41) is 18.2. The highest BCUT2D eigenvalue weighted by Gasteiger charge is 2.54. The summed E-state index contributed by atoms with van der Waals surface area (Å²) in [6.07, 6.45) is 0.905. The molecule has 4 nitrogen and oxygen atoms in total. The third-order valence-electron chi connectivity index (χ3n) is 4.47. The lowest BCUT2D eigenvalue weighted by Gasteiger charge is -2.34. The quantitative estimate of drug-likeness (QED) is 0.774. The van der Waals surface area contributed by atoms with E-state index in [4.69, 9.17) is 0 Å². The second-order valence-electron chi connectivity index (χ2n) is 5.55. The number of aryl methyl sites for hydroxylation is 1. The van der Waals surface area contributed by atoms with Crippen molar-refractivity contribution in [3.05, 3.63) is 29.8 Å². The van der Waals surface area contributed by atoms with Crippen LogP contribution in [0.2, 0.25) is 0 Å². The van der Waals surface area contributed by atoms with Gasteiger partial charge in [0.2, 0.25) is 0 Å². The first kappa shape index (κ1) is 12.2. The van der Waals surface area contributed by atoms with Crippen LogP contribution in [0.4, 0.5) is 5.69 Å². The second kappa shape index (κ2) is 4.07. The van der Waals surface area contributed by atoms with Crippen LogP contribution in [-0.2, 0) is 0 Å². The number of anilines is 1. The SMILES string of the molecule is CC1=NN(c2ccc(C)cc2)N2CC[C@@H](C#N)[C@]12C. The first-order valence-electron chi connectivity index (χ1n) is 6.67. The second-order valence-corrected chi connectivity index (χ2v) is 5.55. The topological polar surface area (TPSA) is 42.6 Å². The third-order valence-corrected chi connectivity index (χ3v) is 4.47. The van der Waals surface area contributed by atoms with E-state index in [2.05, 4.69) is 54.3 Å². The molecule has 0 unspecified atom stereocenters. The molecule has 0 saturated carbocycles. The monoisotopic (exact) mass is 254 g/mol. The number of hydrogen-bond donors (Lipinski definition) is 0. The molecule has 2 atom stereocenters. The Labute approximate surface area is 113 Å². The molecular weight excluding hydrogens is 236 g/mol. The molecule has 0 spiro atoms. The van der Waals surface area contributed by atoms with Crippen LogP contribution in [0.25, 0.3) is 0 Å². The first-order chi connectivity index (χ1) is 9.07. The highest BCUT2D eigenvalue weighted by Crippen LogP contribution is 2.42. The molecule has 2 aliphatic heterocycles. The van der Waals surface area contributed by atoms with E-state index in [-0.39, 0.29) is 11.5 Å². The van der Waals surface area contributed by atoms with E-state index in [1.165, 1.54) is 5.56 Å². The van der Waals surface area contributed by atoms with Crippen LogP contribution < -0.4 is 5.12 Å². The predicted molar refractivity (Wildman–Crippen MR) is 75.6 cm³/mol. The Bertz CT molecular complexity index is 569. The van der Waals surface area contributed by atoms with Gasteiger partial charge in [-0.25, -0.2) is 0 Å². The maximum Gasteiger partial charge on any atom is 0.0948 e.